The third-order valence-electron chi connectivity index (χ3n) is 4.62. The predicted octanol–water partition coefficient (Wildman–Crippen LogP) is 1.47. The van der Waals surface area contributed by atoms with E-state index in [1.54, 1.807) is 36.4 Å². The summed E-state index contributed by atoms with van der Waals surface area (Å²) in [4.78, 5) is 13.8. The van der Waals surface area contributed by atoms with Crippen LogP contribution in [0.5, 0.6) is 5.75 Å². The van der Waals surface area contributed by atoms with Crippen molar-refractivity contribution in [3.63, 3.8) is 0 Å². The van der Waals surface area contributed by atoms with Crippen LogP contribution in [0.4, 0.5) is 10.1 Å². The molecule has 7 nitrogen and oxygen atoms in total. The van der Waals surface area contributed by atoms with Gasteiger partial charge in [0.2, 0.25) is 10.0 Å². The molecule has 2 aromatic rings. The molecular formula is C20H24FN3O4S. The van der Waals surface area contributed by atoms with Crippen LogP contribution >= 0.6 is 0 Å². The van der Waals surface area contributed by atoms with Crippen LogP contribution in [0.15, 0.2) is 54.6 Å². The van der Waals surface area contributed by atoms with Crippen molar-refractivity contribution in [2.45, 2.75) is 0 Å². The Hall–Kier alpha value is -2.65. The van der Waals surface area contributed by atoms with Gasteiger partial charge in [-0.3, -0.25) is 4.79 Å². The van der Waals surface area contributed by atoms with E-state index in [1.807, 2.05) is 11.0 Å². The van der Waals surface area contributed by atoms with E-state index < -0.39 is 10.0 Å². The molecule has 1 fully saturated rings. The number of rotatable bonds is 8. The van der Waals surface area contributed by atoms with E-state index in [0.717, 1.165) is 5.69 Å². The van der Waals surface area contributed by atoms with Crippen LogP contribution in [0.25, 0.3) is 0 Å². The molecule has 0 aromatic heterocycles. The first-order valence-corrected chi connectivity index (χ1v) is 11.0. The number of anilines is 1. The summed E-state index contributed by atoms with van der Waals surface area (Å²) < 4.78 is 44.8. The number of ether oxygens (including phenoxy) is 1. The van der Waals surface area contributed by atoms with Gasteiger partial charge >= 0.3 is 0 Å². The van der Waals surface area contributed by atoms with E-state index in [0.29, 0.717) is 31.9 Å². The summed E-state index contributed by atoms with van der Waals surface area (Å²) in [5, 5.41) is 2.57. The van der Waals surface area contributed by atoms with Crippen molar-refractivity contribution >= 4 is 21.6 Å². The van der Waals surface area contributed by atoms with Crippen molar-refractivity contribution < 1.29 is 22.3 Å². The average Bonchev–Trinajstić information content (AvgIpc) is 2.73. The Balaban J connectivity index is 1.39. The van der Waals surface area contributed by atoms with Crippen LogP contribution in [0, 0.1) is 5.82 Å². The second-order valence-corrected chi connectivity index (χ2v) is 8.72. The Morgan fingerprint density at radius 3 is 2.31 bits per heavy atom. The normalized spacial score (nSPS) is 15.1. The molecule has 0 saturated carbocycles. The molecule has 1 aliphatic heterocycles. The number of piperazine rings is 1. The van der Waals surface area contributed by atoms with Gasteiger partial charge in [0.05, 0.1) is 5.75 Å². The highest BCUT2D eigenvalue weighted by Gasteiger charge is 2.26. The second kappa shape index (κ2) is 9.71. The van der Waals surface area contributed by atoms with E-state index in [-0.39, 0.29) is 30.6 Å². The Kier molecular flexibility index (Phi) is 7.05. The van der Waals surface area contributed by atoms with E-state index in [4.69, 9.17) is 4.74 Å². The number of nitrogens with one attached hydrogen (secondary N) is 1. The summed E-state index contributed by atoms with van der Waals surface area (Å²) in [5.41, 5.74) is 0.870. The summed E-state index contributed by atoms with van der Waals surface area (Å²) in [6, 6.07) is 15.1. The maximum Gasteiger partial charge on any atom is 0.257 e. The van der Waals surface area contributed by atoms with Gasteiger partial charge in [0.1, 0.15) is 11.6 Å². The lowest BCUT2D eigenvalue weighted by Crippen LogP contribution is -2.50. The average molecular weight is 421 g/mol. The summed E-state index contributed by atoms with van der Waals surface area (Å²) in [5.74, 6) is -0.258. The van der Waals surface area contributed by atoms with Gasteiger partial charge in [-0.2, -0.15) is 4.31 Å². The minimum Gasteiger partial charge on any atom is -0.484 e. The maximum atomic E-state index is 13.0. The number of nitrogens with zero attached hydrogens (tertiary/aromatic N) is 2. The summed E-state index contributed by atoms with van der Waals surface area (Å²) in [7, 11) is -3.47. The van der Waals surface area contributed by atoms with Crippen LogP contribution in [0.1, 0.15) is 0 Å². The predicted molar refractivity (Wildman–Crippen MR) is 109 cm³/mol. The maximum absolute atomic E-state index is 13.0. The van der Waals surface area contributed by atoms with Crippen LogP contribution in [0.2, 0.25) is 0 Å². The molecule has 0 radical (unpaired) electrons. The number of para-hydroxylation sites is 1. The van der Waals surface area contributed by atoms with Gasteiger partial charge < -0.3 is 15.0 Å². The zero-order valence-corrected chi connectivity index (χ0v) is 16.8. The molecule has 156 valence electrons. The number of carbonyl (C=O) groups is 1. The highest BCUT2D eigenvalue weighted by Crippen LogP contribution is 2.18. The Labute approximate surface area is 170 Å². The Morgan fingerprint density at radius 2 is 1.66 bits per heavy atom. The van der Waals surface area contributed by atoms with Gasteiger partial charge in [-0.1, -0.05) is 18.2 Å². The molecule has 1 N–H and O–H groups in total. The zero-order chi connectivity index (χ0) is 20.7. The number of halogens is 1. The van der Waals surface area contributed by atoms with Crippen molar-refractivity contribution in [3.8, 4) is 5.75 Å². The summed E-state index contributed by atoms with van der Waals surface area (Å²) in [6.45, 7) is 1.62. The molecule has 3 rings (SSSR count). The summed E-state index contributed by atoms with van der Waals surface area (Å²) in [6.07, 6.45) is 0. The molecule has 0 spiro atoms. The van der Waals surface area contributed by atoms with E-state index in [9.17, 15) is 17.6 Å². The minimum atomic E-state index is -3.47. The second-order valence-electron chi connectivity index (χ2n) is 6.63. The van der Waals surface area contributed by atoms with E-state index in [2.05, 4.69) is 5.32 Å². The number of hydrogen-bond acceptors (Lipinski definition) is 5. The van der Waals surface area contributed by atoms with Crippen molar-refractivity contribution in [2.24, 2.45) is 0 Å². The number of hydrogen-bond donors (Lipinski definition) is 1. The van der Waals surface area contributed by atoms with Gasteiger partial charge in [-0.15, -0.1) is 0 Å². The smallest absolute Gasteiger partial charge is 0.257 e. The molecule has 0 atom stereocenters. The number of amides is 1. The largest absolute Gasteiger partial charge is 0.484 e. The van der Waals surface area contributed by atoms with E-state index >= 15 is 0 Å². The molecule has 0 unspecified atom stereocenters. The van der Waals surface area contributed by atoms with Crippen LogP contribution in [0.3, 0.4) is 0 Å². The lowest BCUT2D eigenvalue weighted by atomic mass is 10.2. The van der Waals surface area contributed by atoms with Gasteiger partial charge in [0.15, 0.2) is 6.61 Å². The number of benzene rings is 2. The molecule has 2 aromatic carbocycles. The third-order valence-corrected chi connectivity index (χ3v) is 6.49. The standard InChI is InChI=1S/C20H24FN3O4S/c21-17-6-8-18(9-7-17)23-11-13-24(14-12-23)29(26,27)15-10-22-20(25)16-28-19-4-2-1-3-5-19/h1-9H,10-16H2,(H,22,25). The fourth-order valence-corrected chi connectivity index (χ4v) is 4.38. The third kappa shape index (κ3) is 6.16. The van der Waals surface area contributed by atoms with Crippen molar-refractivity contribution in [1.82, 2.24) is 9.62 Å². The van der Waals surface area contributed by atoms with Gasteiger partial charge in [-0.25, -0.2) is 12.8 Å². The highest BCUT2D eigenvalue weighted by atomic mass is 32.2. The zero-order valence-electron chi connectivity index (χ0n) is 16.0. The topological polar surface area (TPSA) is 78.9 Å². The fraction of sp³-hybridized carbons (Fsp3) is 0.350. The molecule has 1 heterocycles. The van der Waals surface area contributed by atoms with Crippen molar-refractivity contribution in [3.05, 3.63) is 60.4 Å². The molecule has 0 bridgehead atoms. The number of sulfonamides is 1. The monoisotopic (exact) mass is 421 g/mol. The van der Waals surface area contributed by atoms with Gasteiger partial charge in [0, 0.05) is 38.4 Å². The lowest BCUT2D eigenvalue weighted by molar-refractivity contribution is -0.122. The molecule has 1 amide bonds. The van der Waals surface area contributed by atoms with Crippen molar-refractivity contribution in [2.75, 3.05) is 50.0 Å². The Morgan fingerprint density at radius 1 is 1.00 bits per heavy atom. The molecule has 0 aliphatic carbocycles. The molecule has 9 heteroatoms. The van der Waals surface area contributed by atoms with E-state index in [1.165, 1.54) is 16.4 Å². The van der Waals surface area contributed by atoms with Crippen LogP contribution < -0.4 is 15.0 Å². The first kappa shape index (κ1) is 21.1. The molecular weight excluding hydrogens is 397 g/mol. The number of carbonyl (C=O) groups excluding carboxylic acids is 1. The Bertz CT molecular complexity index is 899. The lowest BCUT2D eigenvalue weighted by Gasteiger charge is -2.35. The summed E-state index contributed by atoms with van der Waals surface area (Å²) >= 11 is 0. The molecule has 1 aliphatic rings. The fourth-order valence-electron chi connectivity index (χ4n) is 3.04. The quantitative estimate of drug-likeness (QED) is 0.699. The van der Waals surface area contributed by atoms with Crippen molar-refractivity contribution in [1.29, 1.82) is 0 Å². The van der Waals surface area contributed by atoms with Gasteiger partial charge in [-0.05, 0) is 36.4 Å². The highest BCUT2D eigenvalue weighted by molar-refractivity contribution is 7.89. The first-order valence-electron chi connectivity index (χ1n) is 9.37. The minimum absolute atomic E-state index is 0.0253. The van der Waals surface area contributed by atoms with Crippen LogP contribution in [-0.2, 0) is 14.8 Å². The molecule has 1 saturated heterocycles. The SMILES string of the molecule is O=C(COc1ccccc1)NCCS(=O)(=O)N1CCN(c2ccc(F)cc2)CC1. The van der Waals surface area contributed by atoms with Gasteiger partial charge in [0.25, 0.3) is 5.91 Å². The molecule has 29 heavy (non-hydrogen) atoms. The first-order chi connectivity index (χ1) is 13.9. The van der Waals surface area contributed by atoms with Crippen LogP contribution in [-0.4, -0.2) is 63.7 Å².